The minimum Gasteiger partial charge on any atom is -0.394 e. The quantitative estimate of drug-likeness (QED) is 0.250. The van der Waals surface area contributed by atoms with Gasteiger partial charge in [-0.1, -0.05) is 51.8 Å². The van der Waals surface area contributed by atoms with Gasteiger partial charge in [-0.05, 0) is 40.8 Å². The fraction of sp³-hybridized carbons (Fsp3) is 0.318. The van der Waals surface area contributed by atoms with Crippen molar-refractivity contribution >= 4 is 46.6 Å². The first-order valence-corrected chi connectivity index (χ1v) is 13.2. The van der Waals surface area contributed by atoms with E-state index in [9.17, 15) is 19.0 Å². The van der Waals surface area contributed by atoms with E-state index in [1.165, 1.54) is 22.6 Å². The van der Waals surface area contributed by atoms with Crippen LogP contribution in [0.3, 0.4) is 0 Å². The van der Waals surface area contributed by atoms with Crippen LogP contribution in [0.15, 0.2) is 41.4 Å². The zero-order valence-electron chi connectivity index (χ0n) is 19.5. The molecule has 0 aliphatic carbocycles. The molecule has 17 heteroatoms. The Balaban J connectivity index is 1.51. The largest absolute Gasteiger partial charge is 0.394 e. The average Bonchev–Trinajstić information content (AvgIpc) is 3.61. The molecule has 0 spiro atoms. The van der Waals surface area contributed by atoms with Crippen molar-refractivity contribution in [3.8, 4) is 11.3 Å². The van der Waals surface area contributed by atoms with Gasteiger partial charge in [-0.15, -0.1) is 10.2 Å². The highest BCUT2D eigenvalue weighted by atomic mass is 35.5. The van der Waals surface area contributed by atoms with Crippen LogP contribution in [0.5, 0.6) is 0 Å². The summed E-state index contributed by atoms with van der Waals surface area (Å²) in [6.45, 7) is -0.619. The Morgan fingerprint density at radius 2 is 1.87 bits per heavy atom. The number of aromatic nitrogens is 7. The van der Waals surface area contributed by atoms with Crippen LogP contribution in [0.25, 0.3) is 11.3 Å². The molecule has 1 saturated heterocycles. The highest BCUT2D eigenvalue weighted by Crippen LogP contribution is 2.41. The van der Waals surface area contributed by atoms with Gasteiger partial charge in [0.2, 0.25) is 0 Å². The Labute approximate surface area is 238 Å². The maximum absolute atomic E-state index is 14.1. The van der Waals surface area contributed by atoms with Crippen molar-refractivity contribution in [1.82, 2.24) is 35.6 Å². The molecular weight excluding hydrogens is 603 g/mol. The molecular formula is C22H18Cl3F2N7O4S. The Morgan fingerprint density at radius 3 is 2.54 bits per heavy atom. The van der Waals surface area contributed by atoms with Crippen LogP contribution >= 0.6 is 46.6 Å². The molecule has 3 N–H and O–H groups in total. The van der Waals surface area contributed by atoms with E-state index in [-0.39, 0.29) is 17.9 Å². The van der Waals surface area contributed by atoms with Crippen LogP contribution in [0.1, 0.15) is 11.9 Å². The van der Waals surface area contributed by atoms with Crippen LogP contribution in [-0.4, -0.2) is 76.2 Å². The molecule has 3 heterocycles. The van der Waals surface area contributed by atoms with Crippen molar-refractivity contribution in [2.45, 2.75) is 41.3 Å². The first kappa shape index (κ1) is 28.1. The summed E-state index contributed by atoms with van der Waals surface area (Å²) in [5, 5.41) is 42.8. The summed E-state index contributed by atoms with van der Waals surface area (Å²) < 4.78 is 41.6. The van der Waals surface area contributed by atoms with Gasteiger partial charge in [0.05, 0.1) is 22.8 Å². The lowest BCUT2D eigenvalue weighted by Gasteiger charge is -2.43. The Bertz CT molecular complexity index is 1430. The number of H-pyrrole nitrogens is 1. The molecule has 0 radical (unpaired) electrons. The van der Waals surface area contributed by atoms with Gasteiger partial charge in [-0.25, -0.2) is 18.6 Å². The number of nitrogens with one attached hydrogen (secondary N) is 1. The van der Waals surface area contributed by atoms with E-state index in [0.717, 1.165) is 12.1 Å². The first-order chi connectivity index (χ1) is 18.7. The maximum Gasteiger partial charge on any atom is 0.174 e. The van der Waals surface area contributed by atoms with E-state index in [4.69, 9.17) is 44.3 Å². The lowest BCUT2D eigenvalue weighted by atomic mass is 9.97. The molecule has 1 fully saturated rings. The zero-order chi connectivity index (χ0) is 27.7. The lowest BCUT2D eigenvalue weighted by Crippen LogP contribution is -2.55. The molecule has 0 saturated carbocycles. The van der Waals surface area contributed by atoms with Gasteiger partial charge in [-0.3, -0.25) is 0 Å². The van der Waals surface area contributed by atoms with Crippen LogP contribution in [0, 0.1) is 11.6 Å². The topological polar surface area (TPSA) is 144 Å². The van der Waals surface area contributed by atoms with Crippen molar-refractivity contribution in [1.29, 1.82) is 0 Å². The fourth-order valence-corrected chi connectivity index (χ4v) is 5.64. The van der Waals surface area contributed by atoms with Gasteiger partial charge >= 0.3 is 0 Å². The van der Waals surface area contributed by atoms with E-state index in [2.05, 4.69) is 30.9 Å². The minimum atomic E-state index is -1.33. The van der Waals surface area contributed by atoms with Gasteiger partial charge < -0.3 is 19.7 Å². The van der Waals surface area contributed by atoms with Gasteiger partial charge in [-0.2, -0.15) is 0 Å². The van der Waals surface area contributed by atoms with Gasteiger partial charge in [0.15, 0.2) is 5.82 Å². The molecule has 2 aromatic heterocycles. The lowest BCUT2D eigenvalue weighted by molar-refractivity contribution is -0.196. The monoisotopic (exact) mass is 619 g/mol. The van der Waals surface area contributed by atoms with Crippen molar-refractivity contribution in [2.75, 3.05) is 6.61 Å². The number of halogens is 5. The summed E-state index contributed by atoms with van der Waals surface area (Å²) in [6.07, 6.45) is -1.91. The predicted octanol–water partition coefficient (Wildman–Crippen LogP) is 3.69. The Hall–Kier alpha value is -2.43. The maximum atomic E-state index is 14.1. The molecule has 39 heavy (non-hydrogen) atoms. The normalized spacial score (nSPS) is 23.3. The summed E-state index contributed by atoms with van der Waals surface area (Å²) in [4.78, 5) is 0.669. The van der Waals surface area contributed by atoms with E-state index >= 15 is 0 Å². The molecule has 2 aromatic carbocycles. The standard InChI is InChI=1S/C22H18Cl3F2N7O4S/c23-11-2-1-10(5-12(11)24)39-22-21(37-8-17-29-31-32-30-17)19(20(36)16(7-35)38-22)34-6-15(28-33-34)9-3-13(26)18(25)14(27)4-9/h1-6,16,19-22,35-36H,7-8H2,(H,29,30,31,32). The van der Waals surface area contributed by atoms with Crippen LogP contribution in [0.4, 0.5) is 8.78 Å². The summed E-state index contributed by atoms with van der Waals surface area (Å²) in [5.74, 6) is -1.63. The van der Waals surface area contributed by atoms with Gasteiger partial charge in [0.25, 0.3) is 0 Å². The number of nitrogens with zero attached hydrogens (tertiary/aromatic N) is 6. The second kappa shape index (κ2) is 12.0. The minimum absolute atomic E-state index is 0.0767. The van der Waals surface area contributed by atoms with Crippen molar-refractivity contribution < 1.29 is 28.5 Å². The molecule has 4 aromatic rings. The number of hydrogen-bond acceptors (Lipinski definition) is 10. The number of thioether (sulfide) groups is 1. The van der Waals surface area contributed by atoms with Crippen LogP contribution < -0.4 is 0 Å². The first-order valence-electron chi connectivity index (χ1n) is 11.2. The number of tetrazole rings is 1. The molecule has 0 amide bonds. The number of aromatic amines is 1. The molecule has 5 unspecified atom stereocenters. The van der Waals surface area contributed by atoms with Gasteiger partial charge in [0.1, 0.15) is 58.7 Å². The number of benzene rings is 2. The smallest absolute Gasteiger partial charge is 0.174 e. The molecule has 11 nitrogen and oxygen atoms in total. The molecule has 1 aliphatic rings. The number of rotatable bonds is 8. The van der Waals surface area contributed by atoms with Crippen LogP contribution in [-0.2, 0) is 16.1 Å². The number of hydrogen-bond donors (Lipinski definition) is 3. The van der Waals surface area contributed by atoms with E-state index < -0.39 is 53.1 Å². The highest BCUT2D eigenvalue weighted by molar-refractivity contribution is 7.99. The molecule has 0 bridgehead atoms. The summed E-state index contributed by atoms with van der Waals surface area (Å²) in [5.41, 5.74) is -0.634. The predicted molar refractivity (Wildman–Crippen MR) is 136 cm³/mol. The fourth-order valence-electron chi connectivity index (χ4n) is 3.99. The van der Waals surface area contributed by atoms with E-state index in [1.807, 2.05) is 0 Å². The van der Waals surface area contributed by atoms with Crippen molar-refractivity contribution in [2.24, 2.45) is 0 Å². The third-order valence-corrected chi connectivity index (χ3v) is 8.10. The number of aliphatic hydroxyl groups excluding tert-OH is 2. The van der Waals surface area contributed by atoms with E-state index in [0.29, 0.717) is 20.8 Å². The van der Waals surface area contributed by atoms with Crippen molar-refractivity contribution in [3.05, 3.63) is 69.1 Å². The molecule has 5 rings (SSSR count). The second-order valence-electron chi connectivity index (χ2n) is 8.36. The third kappa shape index (κ3) is 6.02. The summed E-state index contributed by atoms with van der Waals surface area (Å²) >= 11 is 19.0. The van der Waals surface area contributed by atoms with Crippen molar-refractivity contribution in [3.63, 3.8) is 0 Å². The number of ether oxygens (including phenoxy) is 2. The Morgan fingerprint density at radius 1 is 1.10 bits per heavy atom. The third-order valence-electron chi connectivity index (χ3n) is 5.86. The SMILES string of the molecule is OCC1OC(Sc2ccc(Cl)c(Cl)c2)C(OCc2nnn[nH]2)C(n2cc(-c3cc(F)c(Cl)c(F)c3)nn2)C1O. The Kier molecular flexibility index (Phi) is 8.63. The summed E-state index contributed by atoms with van der Waals surface area (Å²) in [7, 11) is 0. The molecule has 5 atom stereocenters. The van der Waals surface area contributed by atoms with E-state index in [1.54, 1.807) is 18.2 Å². The van der Waals surface area contributed by atoms with Crippen LogP contribution in [0.2, 0.25) is 15.1 Å². The second-order valence-corrected chi connectivity index (χ2v) is 10.7. The summed E-state index contributed by atoms with van der Waals surface area (Å²) in [6, 6.07) is 6.05. The zero-order valence-corrected chi connectivity index (χ0v) is 22.5. The highest BCUT2D eigenvalue weighted by Gasteiger charge is 2.48. The van der Waals surface area contributed by atoms with Gasteiger partial charge in [0, 0.05) is 10.5 Å². The number of aliphatic hydroxyl groups is 2. The molecule has 1 aliphatic heterocycles. The average molecular weight is 621 g/mol. The molecule has 206 valence electrons.